The molecule has 3 nitrogen and oxygen atoms in total. The second kappa shape index (κ2) is 5.11. The van der Waals surface area contributed by atoms with Gasteiger partial charge < -0.3 is 10.1 Å². The predicted octanol–water partition coefficient (Wildman–Crippen LogP) is 1.70. The van der Waals surface area contributed by atoms with Crippen molar-refractivity contribution in [1.82, 2.24) is 5.32 Å². The minimum Gasteiger partial charge on any atom is -0.381 e. The van der Waals surface area contributed by atoms with E-state index >= 15 is 0 Å². The Bertz CT molecular complexity index is 413. The summed E-state index contributed by atoms with van der Waals surface area (Å²) in [6.07, 6.45) is 3.59. The van der Waals surface area contributed by atoms with E-state index in [2.05, 4.69) is 29.6 Å². The Hall–Kier alpha value is -1.35. The van der Waals surface area contributed by atoms with E-state index in [1.165, 1.54) is 11.1 Å². The normalized spacial score (nSPS) is 23.0. The predicted molar refractivity (Wildman–Crippen MR) is 69.3 cm³/mol. The van der Waals surface area contributed by atoms with E-state index in [-0.39, 0.29) is 11.9 Å². The molecule has 1 aromatic carbocycles. The van der Waals surface area contributed by atoms with Gasteiger partial charge in [-0.2, -0.15) is 0 Å². The van der Waals surface area contributed by atoms with Crippen molar-refractivity contribution in [3.8, 4) is 0 Å². The average Bonchev–Trinajstić information content (AvgIpc) is 2.96. The number of benzene rings is 1. The highest BCUT2D eigenvalue weighted by Crippen LogP contribution is 2.22. The molecule has 1 aromatic rings. The van der Waals surface area contributed by atoms with E-state index in [0.29, 0.717) is 12.3 Å². The molecule has 0 radical (unpaired) electrons. The van der Waals surface area contributed by atoms with Crippen molar-refractivity contribution in [1.29, 1.82) is 0 Å². The van der Waals surface area contributed by atoms with E-state index in [4.69, 9.17) is 4.74 Å². The summed E-state index contributed by atoms with van der Waals surface area (Å²) < 4.78 is 5.30. The van der Waals surface area contributed by atoms with Gasteiger partial charge in [0.25, 0.3) is 0 Å². The first-order valence-corrected chi connectivity index (χ1v) is 6.75. The van der Waals surface area contributed by atoms with Crippen LogP contribution in [-0.4, -0.2) is 25.2 Å². The number of hydrogen-bond acceptors (Lipinski definition) is 2. The zero-order valence-electron chi connectivity index (χ0n) is 10.5. The Morgan fingerprint density at radius 3 is 2.61 bits per heavy atom. The van der Waals surface area contributed by atoms with Gasteiger partial charge in [0.05, 0.1) is 0 Å². The first-order valence-electron chi connectivity index (χ1n) is 6.75. The molecule has 3 rings (SSSR count). The molecule has 18 heavy (non-hydrogen) atoms. The number of carbonyl (C=O) groups excluding carboxylic acids is 1. The highest BCUT2D eigenvalue weighted by Gasteiger charge is 2.24. The Kier molecular flexibility index (Phi) is 3.33. The standard InChI is InChI=1S/C15H19NO2/c17-15(7-11-5-6-18-10-11)16-14-8-12-3-1-2-4-13(12)9-14/h1-4,11,14H,5-10H2,(H,16,17)/t11-/m0/s1. The zero-order valence-corrected chi connectivity index (χ0v) is 10.5. The molecule has 1 aliphatic heterocycles. The van der Waals surface area contributed by atoms with Crippen LogP contribution in [-0.2, 0) is 22.4 Å². The molecule has 1 N–H and O–H groups in total. The quantitative estimate of drug-likeness (QED) is 0.880. The fourth-order valence-corrected chi connectivity index (χ4v) is 2.95. The van der Waals surface area contributed by atoms with Gasteiger partial charge in [-0.15, -0.1) is 0 Å². The lowest BCUT2D eigenvalue weighted by Crippen LogP contribution is -2.36. The van der Waals surface area contributed by atoms with Gasteiger partial charge in [-0.25, -0.2) is 0 Å². The summed E-state index contributed by atoms with van der Waals surface area (Å²) in [5, 5.41) is 3.16. The molecule has 2 aliphatic rings. The molecule has 0 saturated carbocycles. The summed E-state index contributed by atoms with van der Waals surface area (Å²) >= 11 is 0. The largest absolute Gasteiger partial charge is 0.381 e. The van der Waals surface area contributed by atoms with Crippen molar-refractivity contribution >= 4 is 5.91 Å². The SMILES string of the molecule is O=C(C[C@@H]1CCOC1)NC1Cc2ccccc2C1. The summed E-state index contributed by atoms with van der Waals surface area (Å²) in [7, 11) is 0. The van der Waals surface area contributed by atoms with Crippen LogP contribution < -0.4 is 5.32 Å². The Morgan fingerprint density at radius 2 is 2.00 bits per heavy atom. The third-order valence-corrected chi connectivity index (χ3v) is 3.91. The number of nitrogens with one attached hydrogen (secondary N) is 1. The van der Waals surface area contributed by atoms with Crippen molar-refractivity contribution < 1.29 is 9.53 Å². The van der Waals surface area contributed by atoms with Crippen LogP contribution in [0, 0.1) is 5.92 Å². The number of carbonyl (C=O) groups is 1. The second-order valence-corrected chi connectivity index (χ2v) is 5.38. The van der Waals surface area contributed by atoms with Gasteiger partial charge in [0.1, 0.15) is 0 Å². The van der Waals surface area contributed by atoms with Crippen molar-refractivity contribution in [3.63, 3.8) is 0 Å². The maximum Gasteiger partial charge on any atom is 0.220 e. The summed E-state index contributed by atoms with van der Waals surface area (Å²) in [6.45, 7) is 1.56. The fraction of sp³-hybridized carbons (Fsp3) is 0.533. The van der Waals surface area contributed by atoms with Gasteiger partial charge >= 0.3 is 0 Å². The van der Waals surface area contributed by atoms with Crippen molar-refractivity contribution in [2.24, 2.45) is 5.92 Å². The topological polar surface area (TPSA) is 38.3 Å². The lowest BCUT2D eigenvalue weighted by molar-refractivity contribution is -0.122. The van der Waals surface area contributed by atoms with Crippen LogP contribution in [0.3, 0.4) is 0 Å². The van der Waals surface area contributed by atoms with Gasteiger partial charge in [-0.3, -0.25) is 4.79 Å². The molecule has 0 unspecified atom stereocenters. The third kappa shape index (κ3) is 2.56. The summed E-state index contributed by atoms with van der Waals surface area (Å²) in [6, 6.07) is 8.74. The van der Waals surface area contributed by atoms with Gasteiger partial charge in [-0.1, -0.05) is 24.3 Å². The molecular formula is C15H19NO2. The van der Waals surface area contributed by atoms with Gasteiger partial charge in [0, 0.05) is 25.7 Å². The highest BCUT2D eigenvalue weighted by atomic mass is 16.5. The van der Waals surface area contributed by atoms with E-state index in [1.807, 2.05) is 0 Å². The van der Waals surface area contributed by atoms with E-state index in [9.17, 15) is 4.79 Å². The average molecular weight is 245 g/mol. The lowest BCUT2D eigenvalue weighted by atomic mass is 10.0. The van der Waals surface area contributed by atoms with Crippen LogP contribution in [0.2, 0.25) is 0 Å². The first-order chi connectivity index (χ1) is 8.81. The minimum absolute atomic E-state index is 0.184. The second-order valence-electron chi connectivity index (χ2n) is 5.38. The molecule has 1 saturated heterocycles. The van der Waals surface area contributed by atoms with Gasteiger partial charge in [0.2, 0.25) is 5.91 Å². The third-order valence-electron chi connectivity index (χ3n) is 3.91. The Morgan fingerprint density at radius 1 is 1.28 bits per heavy atom. The molecule has 1 amide bonds. The number of ether oxygens (including phenoxy) is 1. The molecule has 1 fully saturated rings. The van der Waals surface area contributed by atoms with Crippen LogP contribution in [0.15, 0.2) is 24.3 Å². The molecule has 96 valence electrons. The Labute approximate surface area is 108 Å². The Balaban J connectivity index is 1.51. The van der Waals surface area contributed by atoms with Crippen LogP contribution in [0.25, 0.3) is 0 Å². The molecule has 1 heterocycles. The highest BCUT2D eigenvalue weighted by molar-refractivity contribution is 5.76. The van der Waals surface area contributed by atoms with Gasteiger partial charge in [0.15, 0.2) is 0 Å². The molecule has 1 aliphatic carbocycles. The van der Waals surface area contributed by atoms with Crippen LogP contribution >= 0.6 is 0 Å². The number of fused-ring (bicyclic) bond motifs is 1. The van der Waals surface area contributed by atoms with Gasteiger partial charge in [-0.05, 0) is 36.3 Å². The summed E-state index contributed by atoms with van der Waals surface area (Å²) in [5.74, 6) is 0.608. The van der Waals surface area contributed by atoms with E-state index in [1.54, 1.807) is 0 Å². The number of rotatable bonds is 3. The lowest BCUT2D eigenvalue weighted by Gasteiger charge is -2.13. The minimum atomic E-state index is 0.184. The van der Waals surface area contributed by atoms with E-state index < -0.39 is 0 Å². The van der Waals surface area contributed by atoms with Crippen molar-refractivity contribution in [3.05, 3.63) is 35.4 Å². The molecule has 0 aromatic heterocycles. The van der Waals surface area contributed by atoms with Crippen molar-refractivity contribution in [2.75, 3.05) is 13.2 Å². The maximum absolute atomic E-state index is 11.9. The van der Waals surface area contributed by atoms with Crippen LogP contribution in [0.1, 0.15) is 24.0 Å². The smallest absolute Gasteiger partial charge is 0.220 e. The van der Waals surface area contributed by atoms with Crippen LogP contribution in [0.5, 0.6) is 0 Å². The molecule has 0 bridgehead atoms. The molecular weight excluding hydrogens is 226 g/mol. The monoisotopic (exact) mass is 245 g/mol. The summed E-state index contributed by atoms with van der Waals surface area (Å²) in [4.78, 5) is 11.9. The van der Waals surface area contributed by atoms with Crippen LogP contribution in [0.4, 0.5) is 0 Å². The molecule has 1 atom stereocenters. The van der Waals surface area contributed by atoms with E-state index in [0.717, 1.165) is 32.5 Å². The maximum atomic E-state index is 11.9. The fourth-order valence-electron chi connectivity index (χ4n) is 2.95. The molecule has 0 spiro atoms. The first kappa shape index (κ1) is 11.7. The summed E-state index contributed by atoms with van der Waals surface area (Å²) in [5.41, 5.74) is 2.76. The number of hydrogen-bond donors (Lipinski definition) is 1. The van der Waals surface area contributed by atoms with Crippen molar-refractivity contribution in [2.45, 2.75) is 31.7 Å². The molecule has 3 heteroatoms. The zero-order chi connectivity index (χ0) is 12.4. The number of amides is 1.